The highest BCUT2D eigenvalue weighted by Gasteiger charge is 2.03. The monoisotopic (exact) mass is 201 g/mol. The Labute approximate surface area is 78.9 Å². The zero-order valence-corrected chi connectivity index (χ0v) is 9.06. The summed E-state index contributed by atoms with van der Waals surface area (Å²) in [6, 6.07) is 1.92. The molecule has 1 atom stereocenters. The average molecular weight is 201 g/mol. The first-order valence-electron chi connectivity index (χ1n) is 3.51. The number of nitrogens with two attached hydrogens (primary N) is 1. The molecule has 1 rings (SSSR count). The summed E-state index contributed by atoms with van der Waals surface area (Å²) in [5.74, 6) is 0. The third kappa shape index (κ3) is 2.09. The van der Waals surface area contributed by atoms with Crippen LogP contribution in [0.15, 0.2) is 11.0 Å². The highest BCUT2D eigenvalue weighted by Crippen LogP contribution is 2.17. The summed E-state index contributed by atoms with van der Waals surface area (Å²) in [6.07, 6.45) is 0. The summed E-state index contributed by atoms with van der Waals surface area (Å²) >= 11 is 1.51. The lowest BCUT2D eigenvalue weighted by Gasteiger charge is -2.06. The van der Waals surface area contributed by atoms with Gasteiger partial charge in [-0.25, -0.2) is 0 Å². The molecule has 3 N–H and O–H groups in total. The Morgan fingerprint density at radius 1 is 1.67 bits per heavy atom. The second kappa shape index (κ2) is 4.08. The van der Waals surface area contributed by atoms with Crippen LogP contribution in [0.1, 0.15) is 5.69 Å². The Morgan fingerprint density at radius 3 is 2.92 bits per heavy atom. The summed E-state index contributed by atoms with van der Waals surface area (Å²) in [7, 11) is 4.46. The number of rotatable bonds is 2. The molecule has 0 fully saturated rings. The second-order valence-electron chi connectivity index (χ2n) is 2.35. The number of pyridine rings is 1. The van der Waals surface area contributed by atoms with Crippen LogP contribution in [0.25, 0.3) is 0 Å². The molecule has 66 valence electrons. The van der Waals surface area contributed by atoms with Crippen molar-refractivity contribution < 1.29 is 0 Å². The van der Waals surface area contributed by atoms with Crippen molar-refractivity contribution in [2.45, 2.75) is 11.8 Å². The van der Waals surface area contributed by atoms with Gasteiger partial charge in [0, 0.05) is 0 Å². The SMILES string of the molecule is CNSc1cc(N)c(C)nc1P. The molecule has 0 aliphatic rings. The minimum Gasteiger partial charge on any atom is -0.397 e. The molecular formula is C7H12N3PS. The number of nitrogens with zero attached hydrogens (tertiary/aromatic N) is 1. The van der Waals surface area contributed by atoms with Crippen molar-refractivity contribution in [3.05, 3.63) is 11.8 Å². The van der Waals surface area contributed by atoms with E-state index in [1.807, 2.05) is 20.0 Å². The smallest absolute Gasteiger partial charge is 0.0721 e. The molecule has 1 unspecified atom stereocenters. The maximum Gasteiger partial charge on any atom is 0.0721 e. The molecule has 3 nitrogen and oxygen atoms in total. The summed E-state index contributed by atoms with van der Waals surface area (Å²) in [5.41, 5.74) is 8.25. The van der Waals surface area contributed by atoms with Crippen LogP contribution in [0, 0.1) is 6.92 Å². The van der Waals surface area contributed by atoms with Crippen molar-refractivity contribution in [2.75, 3.05) is 12.8 Å². The Bertz CT molecular complexity index is 290. The summed E-state index contributed by atoms with van der Waals surface area (Å²) in [6.45, 7) is 1.90. The molecule has 1 aromatic heterocycles. The van der Waals surface area contributed by atoms with Crippen LogP contribution < -0.4 is 15.9 Å². The van der Waals surface area contributed by atoms with Crippen LogP contribution in [0.4, 0.5) is 5.69 Å². The predicted octanol–water partition coefficient (Wildman–Crippen LogP) is 0.699. The summed E-state index contributed by atoms with van der Waals surface area (Å²) in [5, 5.41) is 0. The van der Waals surface area contributed by atoms with Crippen LogP contribution in [-0.4, -0.2) is 12.0 Å². The van der Waals surface area contributed by atoms with Gasteiger partial charge in [0.2, 0.25) is 0 Å². The van der Waals surface area contributed by atoms with Gasteiger partial charge in [-0.1, -0.05) is 9.24 Å². The maximum atomic E-state index is 5.71. The van der Waals surface area contributed by atoms with Gasteiger partial charge < -0.3 is 5.73 Å². The number of anilines is 1. The van der Waals surface area contributed by atoms with E-state index in [-0.39, 0.29) is 0 Å². The van der Waals surface area contributed by atoms with Crippen LogP contribution in [0.3, 0.4) is 0 Å². The number of aromatic nitrogens is 1. The van der Waals surface area contributed by atoms with Gasteiger partial charge in [0.25, 0.3) is 0 Å². The molecule has 0 amide bonds. The Hall–Kier alpha value is -0.310. The van der Waals surface area contributed by atoms with Gasteiger partial charge in [-0.05, 0) is 32.0 Å². The van der Waals surface area contributed by atoms with Gasteiger partial charge in [0.05, 0.1) is 21.7 Å². The van der Waals surface area contributed by atoms with E-state index in [4.69, 9.17) is 5.73 Å². The number of aryl methyl sites for hydroxylation is 1. The number of nitrogens with one attached hydrogen (secondary N) is 1. The number of hydrogen-bond acceptors (Lipinski definition) is 4. The lowest BCUT2D eigenvalue weighted by molar-refractivity contribution is 1.19. The van der Waals surface area contributed by atoms with Gasteiger partial charge in [-0.3, -0.25) is 9.71 Å². The molecule has 12 heavy (non-hydrogen) atoms. The van der Waals surface area contributed by atoms with E-state index in [1.165, 1.54) is 11.9 Å². The Kier molecular flexibility index (Phi) is 3.32. The maximum absolute atomic E-state index is 5.71. The molecule has 0 bridgehead atoms. The van der Waals surface area contributed by atoms with Crippen molar-refractivity contribution in [2.24, 2.45) is 0 Å². The number of hydrogen-bond donors (Lipinski definition) is 2. The standard InChI is InChI=1S/C7H12N3PS/c1-4-5(8)3-6(12-9-2)7(11)10-4/h3,9H,8,11H2,1-2H3. The first kappa shape index (κ1) is 9.78. The highest BCUT2D eigenvalue weighted by molar-refractivity contribution is 7.97. The third-order valence-electron chi connectivity index (χ3n) is 1.46. The summed E-state index contributed by atoms with van der Waals surface area (Å²) in [4.78, 5) is 5.32. The fraction of sp³-hybridized carbons (Fsp3) is 0.286. The first-order valence-corrected chi connectivity index (χ1v) is 4.90. The molecular weight excluding hydrogens is 189 g/mol. The second-order valence-corrected chi connectivity index (χ2v) is 3.95. The van der Waals surface area contributed by atoms with Crippen LogP contribution in [0.2, 0.25) is 0 Å². The van der Waals surface area contributed by atoms with Gasteiger partial charge >= 0.3 is 0 Å². The minimum atomic E-state index is 0.735. The minimum absolute atomic E-state index is 0.735. The number of nitrogen functional groups attached to an aromatic ring is 1. The van der Waals surface area contributed by atoms with Crippen molar-refractivity contribution in [1.82, 2.24) is 9.71 Å². The van der Waals surface area contributed by atoms with Crippen molar-refractivity contribution in [3.63, 3.8) is 0 Å². The largest absolute Gasteiger partial charge is 0.397 e. The van der Waals surface area contributed by atoms with E-state index in [0.29, 0.717) is 0 Å². The van der Waals surface area contributed by atoms with E-state index in [2.05, 4.69) is 18.9 Å². The van der Waals surface area contributed by atoms with E-state index < -0.39 is 0 Å². The van der Waals surface area contributed by atoms with E-state index >= 15 is 0 Å². The van der Waals surface area contributed by atoms with Gasteiger partial charge in [0.15, 0.2) is 0 Å². The molecule has 0 spiro atoms. The first-order chi connectivity index (χ1) is 5.65. The topological polar surface area (TPSA) is 50.9 Å². The average Bonchev–Trinajstić information content (AvgIpc) is 2.01. The van der Waals surface area contributed by atoms with Gasteiger partial charge in [0.1, 0.15) is 0 Å². The Morgan fingerprint density at radius 2 is 2.33 bits per heavy atom. The van der Waals surface area contributed by atoms with Crippen LogP contribution >= 0.6 is 21.2 Å². The molecule has 1 aromatic rings. The lowest BCUT2D eigenvalue weighted by atomic mass is 10.3. The molecule has 1 heterocycles. The summed E-state index contributed by atoms with van der Waals surface area (Å²) < 4.78 is 2.98. The fourth-order valence-electron chi connectivity index (χ4n) is 0.812. The normalized spacial score (nSPS) is 10.2. The van der Waals surface area contributed by atoms with E-state index in [0.717, 1.165) is 21.7 Å². The van der Waals surface area contributed by atoms with Crippen molar-refractivity contribution >= 4 is 32.3 Å². The predicted molar refractivity (Wildman–Crippen MR) is 57.6 cm³/mol. The molecule has 5 heteroatoms. The van der Waals surface area contributed by atoms with Crippen molar-refractivity contribution in [3.8, 4) is 0 Å². The fourth-order valence-corrected chi connectivity index (χ4v) is 1.82. The molecule has 0 saturated heterocycles. The third-order valence-corrected chi connectivity index (χ3v) is 2.86. The van der Waals surface area contributed by atoms with E-state index in [9.17, 15) is 0 Å². The zero-order valence-electron chi connectivity index (χ0n) is 7.09. The highest BCUT2D eigenvalue weighted by atomic mass is 32.2. The molecule has 0 saturated carbocycles. The van der Waals surface area contributed by atoms with Crippen LogP contribution in [0.5, 0.6) is 0 Å². The van der Waals surface area contributed by atoms with Gasteiger partial charge in [-0.2, -0.15) is 0 Å². The van der Waals surface area contributed by atoms with Crippen molar-refractivity contribution in [1.29, 1.82) is 0 Å². The molecule has 0 aromatic carbocycles. The molecule has 0 radical (unpaired) electrons. The zero-order chi connectivity index (χ0) is 9.14. The lowest BCUT2D eigenvalue weighted by Crippen LogP contribution is -2.08. The van der Waals surface area contributed by atoms with Crippen LogP contribution in [-0.2, 0) is 0 Å². The molecule has 0 aliphatic carbocycles. The van der Waals surface area contributed by atoms with E-state index in [1.54, 1.807) is 0 Å². The van der Waals surface area contributed by atoms with Gasteiger partial charge in [-0.15, -0.1) is 0 Å². The quantitative estimate of drug-likeness (QED) is 0.546. The Balaban J connectivity index is 3.05. The molecule has 0 aliphatic heterocycles.